The molecule has 0 saturated carbocycles. The van der Waals surface area contributed by atoms with Crippen LogP contribution in [0.4, 0.5) is 18.9 Å². The van der Waals surface area contributed by atoms with Gasteiger partial charge in [0, 0.05) is 13.0 Å². The van der Waals surface area contributed by atoms with Crippen LogP contribution in [0.15, 0.2) is 29.4 Å². The van der Waals surface area contributed by atoms with Crippen molar-refractivity contribution in [3.05, 3.63) is 29.8 Å². The van der Waals surface area contributed by atoms with Crippen molar-refractivity contribution < 1.29 is 26.7 Å². The summed E-state index contributed by atoms with van der Waals surface area (Å²) in [5.41, 5.74) is 1.54. The largest absolute Gasteiger partial charge is 0.516 e. The van der Waals surface area contributed by atoms with Crippen molar-refractivity contribution in [2.75, 3.05) is 24.7 Å². The molecule has 0 saturated heterocycles. The topological polar surface area (TPSA) is 99.2 Å². The molecule has 0 atom stereocenters. The summed E-state index contributed by atoms with van der Waals surface area (Å²) in [4.78, 5) is 0. The number of hydrogen-bond donors (Lipinski definition) is 2. The number of rotatable bonds is 5. The zero-order valence-corrected chi connectivity index (χ0v) is 13.4. The minimum absolute atomic E-state index is 0.0494. The molecule has 0 unspecified atom stereocenters. The first kappa shape index (κ1) is 18.5. The van der Waals surface area contributed by atoms with Crippen molar-refractivity contribution >= 4 is 21.5 Å². The van der Waals surface area contributed by atoms with Crippen LogP contribution in [-0.4, -0.2) is 48.9 Å². The summed E-state index contributed by atoms with van der Waals surface area (Å²) in [7, 11) is -5.54. The van der Waals surface area contributed by atoms with Gasteiger partial charge in [0.15, 0.2) is 0 Å². The fourth-order valence-electron chi connectivity index (χ4n) is 2.20. The summed E-state index contributed by atoms with van der Waals surface area (Å²) in [5, 5.41) is 14.4. The Morgan fingerprint density at radius 1 is 1.21 bits per heavy atom. The van der Waals surface area contributed by atoms with E-state index in [1.54, 1.807) is 24.3 Å². The number of sulfonamides is 1. The van der Waals surface area contributed by atoms with Crippen molar-refractivity contribution in [2.24, 2.45) is 10.8 Å². The van der Waals surface area contributed by atoms with Gasteiger partial charge in [-0.2, -0.15) is 26.7 Å². The Morgan fingerprint density at radius 2 is 1.83 bits per heavy atom. The predicted molar refractivity (Wildman–Crippen MR) is 82.5 cm³/mol. The van der Waals surface area contributed by atoms with Gasteiger partial charge in [-0.1, -0.05) is 12.1 Å². The number of hydrogen-bond acceptors (Lipinski definition) is 6. The molecule has 1 aromatic rings. The molecule has 1 aromatic carbocycles. The molecule has 1 aliphatic heterocycles. The molecular formula is C13H17F3N4O3S. The summed E-state index contributed by atoms with van der Waals surface area (Å²) < 4.78 is 61.7. The van der Waals surface area contributed by atoms with E-state index < -0.39 is 28.7 Å². The summed E-state index contributed by atoms with van der Waals surface area (Å²) in [5.74, 6) is -0.357. The van der Waals surface area contributed by atoms with E-state index in [1.807, 2.05) is 0 Å². The molecule has 0 aromatic heterocycles. The Bertz CT molecular complexity index is 704. The van der Waals surface area contributed by atoms with Crippen molar-refractivity contribution in [3.8, 4) is 0 Å². The minimum Gasteiger partial charge on any atom is -0.396 e. The van der Waals surface area contributed by atoms with Crippen LogP contribution in [0.2, 0.25) is 0 Å². The first-order valence-electron chi connectivity index (χ1n) is 7.04. The molecule has 11 heteroatoms. The van der Waals surface area contributed by atoms with Crippen LogP contribution in [0.5, 0.6) is 0 Å². The Labute approximate surface area is 137 Å². The maximum Gasteiger partial charge on any atom is 0.516 e. The number of halogens is 3. The lowest BCUT2D eigenvalue weighted by atomic mass is 10.2. The highest BCUT2D eigenvalue weighted by molar-refractivity contribution is 7.90. The van der Waals surface area contributed by atoms with Crippen LogP contribution in [0.3, 0.4) is 0 Å². The SMILES string of the molecule is NCc1ccc(N2CCN(S(=O)(=O)C(F)(F)F)C(CCO)=N2)cc1. The van der Waals surface area contributed by atoms with Crippen LogP contribution in [0.1, 0.15) is 12.0 Å². The van der Waals surface area contributed by atoms with Crippen molar-refractivity contribution in [1.82, 2.24) is 4.31 Å². The smallest absolute Gasteiger partial charge is 0.396 e. The standard InChI is InChI=1S/C13H17F3N4O3S/c14-13(15,16)24(22,23)20-7-6-19(18-12(20)5-8-21)11-3-1-10(9-17)2-4-11/h1-4,21H,5-9,17H2. The second-order valence-electron chi connectivity index (χ2n) is 5.01. The fourth-order valence-corrected chi connectivity index (χ4v) is 3.18. The second kappa shape index (κ2) is 6.95. The summed E-state index contributed by atoms with van der Waals surface area (Å²) in [6.07, 6.45) is -0.313. The third-order valence-electron chi connectivity index (χ3n) is 3.43. The summed E-state index contributed by atoms with van der Waals surface area (Å²) in [6.45, 7) is -0.648. The maximum atomic E-state index is 12.8. The van der Waals surface area contributed by atoms with Crippen LogP contribution in [0, 0.1) is 0 Å². The number of alkyl halides is 3. The van der Waals surface area contributed by atoms with E-state index in [1.165, 1.54) is 5.01 Å². The predicted octanol–water partition coefficient (Wildman–Crippen LogP) is 0.813. The monoisotopic (exact) mass is 366 g/mol. The molecule has 134 valence electrons. The number of hydrazone groups is 1. The number of nitrogens with two attached hydrogens (primary N) is 1. The zero-order chi connectivity index (χ0) is 18.0. The van der Waals surface area contributed by atoms with Gasteiger partial charge in [0.2, 0.25) is 0 Å². The van der Waals surface area contributed by atoms with Crippen LogP contribution >= 0.6 is 0 Å². The number of nitrogens with zero attached hydrogens (tertiary/aromatic N) is 3. The second-order valence-corrected chi connectivity index (χ2v) is 6.86. The highest BCUT2D eigenvalue weighted by Crippen LogP contribution is 2.29. The Morgan fingerprint density at radius 3 is 2.33 bits per heavy atom. The normalized spacial score (nSPS) is 16.3. The average Bonchev–Trinajstić information content (AvgIpc) is 2.54. The lowest BCUT2D eigenvalue weighted by molar-refractivity contribution is -0.0473. The van der Waals surface area contributed by atoms with Gasteiger partial charge in [-0.3, -0.25) is 5.01 Å². The first-order chi connectivity index (χ1) is 11.2. The van der Waals surface area contributed by atoms with E-state index >= 15 is 0 Å². The van der Waals surface area contributed by atoms with E-state index in [-0.39, 0.29) is 23.1 Å². The van der Waals surface area contributed by atoms with Crippen LogP contribution in [-0.2, 0) is 16.6 Å². The van der Waals surface area contributed by atoms with E-state index in [2.05, 4.69) is 5.10 Å². The van der Waals surface area contributed by atoms with Gasteiger partial charge in [-0.05, 0) is 17.7 Å². The van der Waals surface area contributed by atoms with Crippen LogP contribution < -0.4 is 10.7 Å². The molecule has 0 bridgehead atoms. The fraction of sp³-hybridized carbons (Fsp3) is 0.462. The molecule has 3 N–H and O–H groups in total. The molecule has 0 radical (unpaired) electrons. The highest BCUT2D eigenvalue weighted by atomic mass is 32.2. The number of anilines is 1. The Hall–Kier alpha value is -1.85. The molecule has 24 heavy (non-hydrogen) atoms. The molecule has 1 aliphatic rings. The van der Waals surface area contributed by atoms with Gasteiger partial charge in [0.25, 0.3) is 0 Å². The van der Waals surface area contributed by atoms with Gasteiger partial charge in [0.05, 0.1) is 25.4 Å². The Kier molecular flexibility index (Phi) is 5.35. The molecule has 0 aliphatic carbocycles. The molecule has 0 spiro atoms. The lowest BCUT2D eigenvalue weighted by Gasteiger charge is -2.34. The number of aliphatic hydroxyl groups is 1. The highest BCUT2D eigenvalue weighted by Gasteiger charge is 2.51. The van der Waals surface area contributed by atoms with Gasteiger partial charge < -0.3 is 10.8 Å². The number of benzene rings is 1. The third kappa shape index (κ3) is 3.62. The van der Waals surface area contributed by atoms with Gasteiger partial charge in [0.1, 0.15) is 5.84 Å². The number of amidine groups is 1. The van der Waals surface area contributed by atoms with Crippen LogP contribution in [0.25, 0.3) is 0 Å². The van der Waals surface area contributed by atoms with E-state index in [0.29, 0.717) is 12.2 Å². The Balaban J connectivity index is 2.34. The van der Waals surface area contributed by atoms with E-state index in [9.17, 15) is 21.6 Å². The molecule has 0 fully saturated rings. The lowest BCUT2D eigenvalue weighted by Crippen LogP contribution is -2.51. The van der Waals surface area contributed by atoms with Gasteiger partial charge in [-0.25, -0.2) is 4.31 Å². The van der Waals surface area contributed by atoms with Gasteiger partial charge >= 0.3 is 15.5 Å². The molecule has 2 rings (SSSR count). The van der Waals surface area contributed by atoms with E-state index in [4.69, 9.17) is 10.8 Å². The quantitative estimate of drug-likeness (QED) is 0.804. The van der Waals surface area contributed by atoms with Crippen molar-refractivity contribution in [3.63, 3.8) is 0 Å². The molecule has 0 amide bonds. The third-order valence-corrected chi connectivity index (χ3v) is 4.99. The molecule has 1 heterocycles. The zero-order valence-electron chi connectivity index (χ0n) is 12.6. The number of aliphatic hydroxyl groups excluding tert-OH is 1. The minimum atomic E-state index is -5.54. The maximum absolute atomic E-state index is 12.8. The van der Waals surface area contributed by atoms with Crippen molar-refractivity contribution in [1.29, 1.82) is 0 Å². The summed E-state index contributed by atoms with van der Waals surface area (Å²) >= 11 is 0. The average molecular weight is 366 g/mol. The van der Waals surface area contributed by atoms with E-state index in [0.717, 1.165) is 5.56 Å². The molecular weight excluding hydrogens is 349 g/mol. The molecule has 7 nitrogen and oxygen atoms in total. The van der Waals surface area contributed by atoms with Crippen molar-refractivity contribution in [2.45, 2.75) is 18.5 Å². The summed E-state index contributed by atoms with van der Waals surface area (Å²) in [6, 6.07) is 6.87. The first-order valence-corrected chi connectivity index (χ1v) is 8.48. The van der Waals surface area contributed by atoms with Gasteiger partial charge in [-0.15, -0.1) is 0 Å².